The predicted octanol–water partition coefficient (Wildman–Crippen LogP) is 1.86. The SMILES string of the molecule is CSc1cc(-n2cccc2C#N)ncn1. The Morgan fingerprint density at radius 2 is 2.33 bits per heavy atom. The molecule has 2 heterocycles. The summed E-state index contributed by atoms with van der Waals surface area (Å²) in [5.41, 5.74) is 0.570. The monoisotopic (exact) mass is 216 g/mol. The number of hydrogen-bond acceptors (Lipinski definition) is 4. The van der Waals surface area contributed by atoms with Gasteiger partial charge in [-0.2, -0.15) is 5.26 Å². The van der Waals surface area contributed by atoms with Crippen molar-refractivity contribution in [3.8, 4) is 11.9 Å². The first-order chi connectivity index (χ1) is 7.35. The molecule has 2 rings (SSSR count). The van der Waals surface area contributed by atoms with E-state index in [0.717, 1.165) is 10.8 Å². The number of thioether (sulfide) groups is 1. The Hall–Kier alpha value is -1.80. The third-order valence-corrected chi connectivity index (χ3v) is 2.59. The van der Waals surface area contributed by atoms with Crippen LogP contribution in [0.15, 0.2) is 35.7 Å². The molecule has 0 saturated carbocycles. The summed E-state index contributed by atoms with van der Waals surface area (Å²) in [5, 5.41) is 9.76. The Morgan fingerprint density at radius 3 is 3.07 bits per heavy atom. The van der Waals surface area contributed by atoms with E-state index < -0.39 is 0 Å². The van der Waals surface area contributed by atoms with Gasteiger partial charge in [-0.3, -0.25) is 4.57 Å². The zero-order valence-corrected chi connectivity index (χ0v) is 8.90. The van der Waals surface area contributed by atoms with Crippen molar-refractivity contribution in [1.29, 1.82) is 5.26 Å². The van der Waals surface area contributed by atoms with Crippen LogP contribution in [0.2, 0.25) is 0 Å². The maximum atomic E-state index is 8.88. The molecule has 74 valence electrons. The Morgan fingerprint density at radius 1 is 1.47 bits per heavy atom. The minimum atomic E-state index is 0.570. The van der Waals surface area contributed by atoms with Gasteiger partial charge in [-0.15, -0.1) is 11.8 Å². The second-order valence-corrected chi connectivity index (χ2v) is 3.62. The number of nitrogens with zero attached hydrogens (tertiary/aromatic N) is 4. The van der Waals surface area contributed by atoms with Crippen LogP contribution in [0, 0.1) is 11.3 Å². The van der Waals surface area contributed by atoms with Gasteiger partial charge in [0.1, 0.15) is 28.9 Å². The third-order valence-electron chi connectivity index (χ3n) is 1.95. The van der Waals surface area contributed by atoms with Gasteiger partial charge in [-0.05, 0) is 18.4 Å². The molecule has 0 atom stereocenters. The molecular formula is C10H8N4S. The molecule has 2 aromatic rings. The standard InChI is InChI=1S/C10H8N4S/c1-15-10-5-9(12-7-13-10)14-4-2-3-8(14)6-11/h2-5,7H,1H3. The highest BCUT2D eigenvalue weighted by Crippen LogP contribution is 2.15. The average molecular weight is 216 g/mol. The maximum Gasteiger partial charge on any atom is 0.142 e. The largest absolute Gasteiger partial charge is 0.292 e. The van der Waals surface area contributed by atoms with E-state index in [-0.39, 0.29) is 0 Å². The molecule has 5 heteroatoms. The Kier molecular flexibility index (Phi) is 2.70. The lowest BCUT2D eigenvalue weighted by molar-refractivity contribution is 0.932. The molecule has 0 N–H and O–H groups in total. The van der Waals surface area contributed by atoms with Crippen molar-refractivity contribution in [2.75, 3.05) is 6.26 Å². The van der Waals surface area contributed by atoms with Crippen LogP contribution in [0.4, 0.5) is 0 Å². The van der Waals surface area contributed by atoms with Crippen molar-refractivity contribution in [1.82, 2.24) is 14.5 Å². The molecule has 0 amide bonds. The summed E-state index contributed by atoms with van der Waals surface area (Å²) in [6, 6.07) is 7.53. The molecule has 15 heavy (non-hydrogen) atoms. The van der Waals surface area contributed by atoms with Gasteiger partial charge in [0.2, 0.25) is 0 Å². The predicted molar refractivity (Wildman–Crippen MR) is 57.9 cm³/mol. The van der Waals surface area contributed by atoms with E-state index in [4.69, 9.17) is 5.26 Å². The van der Waals surface area contributed by atoms with Gasteiger partial charge in [0, 0.05) is 12.3 Å². The fourth-order valence-electron chi connectivity index (χ4n) is 1.25. The molecule has 0 aliphatic rings. The minimum absolute atomic E-state index is 0.570. The zero-order chi connectivity index (χ0) is 10.7. The van der Waals surface area contributed by atoms with Crippen molar-refractivity contribution in [2.24, 2.45) is 0 Å². The normalized spacial score (nSPS) is 9.87. The first-order valence-electron chi connectivity index (χ1n) is 4.29. The molecule has 0 aliphatic carbocycles. The number of rotatable bonds is 2. The minimum Gasteiger partial charge on any atom is -0.292 e. The van der Waals surface area contributed by atoms with Crippen LogP contribution in [0.25, 0.3) is 5.82 Å². The molecule has 0 aliphatic heterocycles. The van der Waals surface area contributed by atoms with Gasteiger partial charge in [0.15, 0.2) is 0 Å². The molecule has 0 saturated heterocycles. The molecule has 0 fully saturated rings. The molecule has 0 spiro atoms. The summed E-state index contributed by atoms with van der Waals surface area (Å²) in [5.74, 6) is 0.718. The van der Waals surface area contributed by atoms with Crippen molar-refractivity contribution in [2.45, 2.75) is 5.03 Å². The fraction of sp³-hybridized carbons (Fsp3) is 0.100. The lowest BCUT2D eigenvalue weighted by Crippen LogP contribution is -1.99. The molecular weight excluding hydrogens is 208 g/mol. The van der Waals surface area contributed by atoms with Crippen LogP contribution in [0.1, 0.15) is 5.69 Å². The van der Waals surface area contributed by atoms with Crippen LogP contribution < -0.4 is 0 Å². The second kappa shape index (κ2) is 4.15. The zero-order valence-electron chi connectivity index (χ0n) is 8.08. The molecule has 0 radical (unpaired) electrons. The van der Waals surface area contributed by atoms with Gasteiger partial charge >= 0.3 is 0 Å². The van der Waals surface area contributed by atoms with E-state index >= 15 is 0 Å². The van der Waals surface area contributed by atoms with Crippen LogP contribution in [-0.4, -0.2) is 20.8 Å². The molecule has 0 bridgehead atoms. The average Bonchev–Trinajstić information content (AvgIpc) is 2.77. The molecule has 0 unspecified atom stereocenters. The van der Waals surface area contributed by atoms with Crippen LogP contribution in [0.3, 0.4) is 0 Å². The summed E-state index contributed by atoms with van der Waals surface area (Å²) in [6.07, 6.45) is 5.26. The summed E-state index contributed by atoms with van der Waals surface area (Å²) >= 11 is 1.55. The lowest BCUT2D eigenvalue weighted by Gasteiger charge is -2.03. The second-order valence-electron chi connectivity index (χ2n) is 2.79. The Bertz CT molecular complexity index is 512. The highest BCUT2D eigenvalue weighted by molar-refractivity contribution is 7.98. The fourth-order valence-corrected chi connectivity index (χ4v) is 1.62. The highest BCUT2D eigenvalue weighted by atomic mass is 32.2. The first-order valence-corrected chi connectivity index (χ1v) is 5.51. The summed E-state index contributed by atoms with van der Waals surface area (Å²) < 4.78 is 1.74. The summed E-state index contributed by atoms with van der Waals surface area (Å²) in [7, 11) is 0. The van der Waals surface area contributed by atoms with E-state index in [2.05, 4.69) is 16.0 Å². The van der Waals surface area contributed by atoms with Crippen LogP contribution in [-0.2, 0) is 0 Å². The summed E-state index contributed by atoms with van der Waals surface area (Å²) in [6.45, 7) is 0. The van der Waals surface area contributed by atoms with Crippen molar-refractivity contribution >= 4 is 11.8 Å². The topological polar surface area (TPSA) is 54.5 Å². The Labute approximate surface area is 91.6 Å². The van der Waals surface area contributed by atoms with Gasteiger partial charge in [-0.1, -0.05) is 0 Å². The molecule has 4 nitrogen and oxygen atoms in total. The summed E-state index contributed by atoms with van der Waals surface area (Å²) in [4.78, 5) is 8.20. The maximum absolute atomic E-state index is 8.88. The van der Waals surface area contributed by atoms with E-state index in [1.807, 2.05) is 24.6 Å². The lowest BCUT2D eigenvalue weighted by atomic mass is 10.4. The van der Waals surface area contributed by atoms with E-state index in [1.54, 1.807) is 22.4 Å². The van der Waals surface area contributed by atoms with E-state index in [0.29, 0.717) is 5.69 Å². The van der Waals surface area contributed by atoms with Crippen LogP contribution >= 0.6 is 11.8 Å². The molecule has 0 aromatic carbocycles. The van der Waals surface area contributed by atoms with Gasteiger partial charge in [0.05, 0.1) is 0 Å². The van der Waals surface area contributed by atoms with Crippen molar-refractivity contribution in [3.63, 3.8) is 0 Å². The van der Waals surface area contributed by atoms with Crippen molar-refractivity contribution in [3.05, 3.63) is 36.4 Å². The third kappa shape index (κ3) is 1.85. The van der Waals surface area contributed by atoms with E-state index in [1.165, 1.54) is 6.33 Å². The quantitative estimate of drug-likeness (QED) is 0.568. The van der Waals surface area contributed by atoms with Gasteiger partial charge in [0.25, 0.3) is 0 Å². The van der Waals surface area contributed by atoms with Gasteiger partial charge in [-0.25, -0.2) is 9.97 Å². The first kappa shape index (κ1) is 9.74. The number of hydrogen-bond donors (Lipinski definition) is 0. The Balaban J connectivity index is 2.50. The smallest absolute Gasteiger partial charge is 0.142 e. The number of aromatic nitrogens is 3. The van der Waals surface area contributed by atoms with Crippen molar-refractivity contribution < 1.29 is 0 Å². The highest BCUT2D eigenvalue weighted by Gasteiger charge is 2.04. The van der Waals surface area contributed by atoms with Gasteiger partial charge < -0.3 is 0 Å². The van der Waals surface area contributed by atoms with E-state index in [9.17, 15) is 0 Å². The molecule has 2 aromatic heterocycles. The number of nitriles is 1. The van der Waals surface area contributed by atoms with Crippen LogP contribution in [0.5, 0.6) is 0 Å².